The Labute approximate surface area is 558 Å². The average molecular weight is 1290 g/mol. The van der Waals surface area contributed by atoms with Crippen LogP contribution >= 0.6 is 11.8 Å². The monoisotopic (exact) mass is 1290 g/mol. The highest BCUT2D eigenvalue weighted by Gasteiger charge is 2.45. The fraction of sp³-hybridized carbons (Fsp3) is 0.228. The van der Waals surface area contributed by atoms with E-state index in [0.29, 0.717) is 28.7 Å². The molecular formula is C79H75N5O10S. The van der Waals surface area contributed by atoms with Gasteiger partial charge in [0, 0.05) is 31.6 Å². The molecule has 1 aliphatic heterocycles. The summed E-state index contributed by atoms with van der Waals surface area (Å²) in [5.74, 6) is -4.74. The second-order valence-electron chi connectivity index (χ2n) is 23.8. The van der Waals surface area contributed by atoms with E-state index in [1.54, 1.807) is 31.2 Å². The van der Waals surface area contributed by atoms with Crippen LogP contribution in [0.2, 0.25) is 0 Å². The summed E-state index contributed by atoms with van der Waals surface area (Å²) in [7, 11) is 0. The number of esters is 2. The van der Waals surface area contributed by atoms with Crippen LogP contribution in [0.1, 0.15) is 95.5 Å². The molecule has 0 aromatic heterocycles. The lowest BCUT2D eigenvalue weighted by Gasteiger charge is -2.38. The molecule has 95 heavy (non-hydrogen) atoms. The molecule has 15 nitrogen and oxygen atoms in total. The molecule has 5 amide bonds. The minimum atomic E-state index is -1.68. The van der Waals surface area contributed by atoms with E-state index in [1.165, 1.54) is 23.6 Å². The first-order chi connectivity index (χ1) is 46.3. The van der Waals surface area contributed by atoms with E-state index in [0.717, 1.165) is 38.9 Å². The molecule has 2 aliphatic rings. The molecule has 16 heteroatoms. The van der Waals surface area contributed by atoms with Crippen molar-refractivity contribution in [2.45, 2.75) is 92.6 Å². The molecule has 11 rings (SSSR count). The molecule has 9 aromatic rings. The van der Waals surface area contributed by atoms with Gasteiger partial charge in [-0.05, 0) is 81.0 Å². The van der Waals surface area contributed by atoms with Crippen molar-refractivity contribution in [3.05, 3.63) is 311 Å². The fourth-order valence-electron chi connectivity index (χ4n) is 13.1. The first kappa shape index (κ1) is 65.9. The number of fused-ring (bicyclic) bond motifs is 3. The quantitative estimate of drug-likeness (QED) is 0.0229. The average Bonchev–Trinajstić information content (AvgIpc) is 1.58. The molecule has 0 spiro atoms. The molecule has 0 bridgehead atoms. The van der Waals surface area contributed by atoms with Crippen LogP contribution in [0.3, 0.4) is 0 Å². The fourth-order valence-corrected chi connectivity index (χ4v) is 14.7. The number of hydrogen-bond acceptors (Lipinski definition) is 11. The van der Waals surface area contributed by atoms with Gasteiger partial charge in [0.2, 0.25) is 23.6 Å². The van der Waals surface area contributed by atoms with Crippen LogP contribution in [0.5, 0.6) is 0 Å². The van der Waals surface area contributed by atoms with Crippen LogP contribution in [-0.2, 0) is 59.9 Å². The molecule has 0 radical (unpaired) electrons. The largest absolute Gasteiger partial charge is 0.463 e. The molecule has 1 heterocycles. The van der Waals surface area contributed by atoms with Crippen molar-refractivity contribution in [3.63, 3.8) is 0 Å². The zero-order valence-corrected chi connectivity index (χ0v) is 53.7. The van der Waals surface area contributed by atoms with E-state index < -0.39 is 88.6 Å². The zero-order chi connectivity index (χ0) is 66.2. The van der Waals surface area contributed by atoms with Crippen LogP contribution in [0.25, 0.3) is 11.1 Å². The number of likely N-dealkylation sites (tertiary alicyclic amines) is 1. The Bertz CT molecular complexity index is 3860. The van der Waals surface area contributed by atoms with E-state index in [4.69, 9.17) is 14.2 Å². The van der Waals surface area contributed by atoms with E-state index in [1.807, 2.05) is 237 Å². The topological polar surface area (TPSA) is 199 Å². The molecule has 1 aliphatic carbocycles. The van der Waals surface area contributed by atoms with Crippen LogP contribution in [0, 0.1) is 0 Å². The summed E-state index contributed by atoms with van der Waals surface area (Å²) in [5, 5.41) is 12.1. The lowest BCUT2D eigenvalue weighted by Crippen LogP contribution is -2.59. The lowest BCUT2D eigenvalue weighted by molar-refractivity contribution is -0.154. The number of ether oxygens (including phenoxy) is 3. The van der Waals surface area contributed by atoms with Crippen molar-refractivity contribution in [2.75, 3.05) is 18.9 Å². The van der Waals surface area contributed by atoms with Gasteiger partial charge in [0.1, 0.15) is 49.0 Å². The summed E-state index contributed by atoms with van der Waals surface area (Å²) < 4.78 is 16.3. The summed E-state index contributed by atoms with van der Waals surface area (Å²) in [5.41, 5.74) is 8.18. The number of hydrogen-bond donors (Lipinski definition) is 4. The predicted molar refractivity (Wildman–Crippen MR) is 366 cm³/mol. The number of carbonyl (C=O) groups excluding carboxylic acids is 7. The maximum absolute atomic E-state index is 16.0. The lowest BCUT2D eigenvalue weighted by atomic mass is 9.77. The summed E-state index contributed by atoms with van der Waals surface area (Å²) in [6, 6.07) is 77.3. The van der Waals surface area contributed by atoms with E-state index in [2.05, 4.69) is 21.3 Å². The van der Waals surface area contributed by atoms with Crippen molar-refractivity contribution < 1.29 is 47.8 Å². The van der Waals surface area contributed by atoms with Gasteiger partial charge >= 0.3 is 18.0 Å². The number of thioether (sulfide) groups is 1. The van der Waals surface area contributed by atoms with Gasteiger partial charge in [-0.1, -0.05) is 261 Å². The Hall–Kier alpha value is -10.6. The first-order valence-corrected chi connectivity index (χ1v) is 33.0. The van der Waals surface area contributed by atoms with Crippen molar-refractivity contribution in [2.24, 2.45) is 0 Å². The maximum atomic E-state index is 16.0. The third kappa shape index (κ3) is 15.3. The second kappa shape index (κ2) is 30.9. The molecule has 4 N–H and O–H groups in total. The van der Waals surface area contributed by atoms with Gasteiger partial charge in [0.25, 0.3) is 0 Å². The van der Waals surface area contributed by atoms with Crippen LogP contribution in [-0.4, -0.2) is 95.7 Å². The number of rotatable bonds is 26. The normalized spacial score (nSPS) is 14.7. The molecule has 1 saturated heterocycles. The number of nitrogens with zero attached hydrogens (tertiary/aromatic N) is 1. The standard InChI is InChI=1S/C79H75N5O10S/c1-54(94-55(2)85)49-69(76(90)92-51-56-29-10-3-11-30-56)81-74(88)71-47-28-48-84(71)75(89)68(50-72(86)83-78(57-31-12-4-13-32-57,58-33-14-5-15-34-58)59-35-16-6-17-36-59)80-73(87)70(82-77(91)93-52-67-65-45-26-24-43-63(65)64-44-25-27-46-66(64)67)53-95-79(60-37-18-7-19-38-60,61-39-20-8-21-40-61)62-41-22-9-23-42-62/h3-27,29-46,54,67-71H,28,47-53H2,1-2H3,(H,80,87)(H,81,88)(H,82,91)(H,83,86)/t54-,68?,69-,70?,71-/m0/s1. The van der Waals surface area contributed by atoms with Crippen LogP contribution < -0.4 is 21.3 Å². The Morgan fingerprint density at radius 3 is 1.46 bits per heavy atom. The number of alkyl carbamates (subject to hydrolysis) is 1. The van der Waals surface area contributed by atoms with Gasteiger partial charge in [-0.3, -0.25) is 24.0 Å². The predicted octanol–water partition coefficient (Wildman–Crippen LogP) is 12.2. The molecule has 0 saturated carbocycles. The van der Waals surface area contributed by atoms with Crippen LogP contribution in [0.4, 0.5) is 4.79 Å². The Morgan fingerprint density at radius 1 is 0.526 bits per heavy atom. The van der Waals surface area contributed by atoms with Crippen molar-refractivity contribution in [1.29, 1.82) is 0 Å². The highest BCUT2D eigenvalue weighted by molar-refractivity contribution is 8.00. The number of benzene rings is 9. The summed E-state index contributed by atoms with van der Waals surface area (Å²) in [4.78, 5) is 105. The van der Waals surface area contributed by atoms with E-state index >= 15 is 14.4 Å². The van der Waals surface area contributed by atoms with Gasteiger partial charge in [0.15, 0.2) is 0 Å². The van der Waals surface area contributed by atoms with Crippen LogP contribution in [0.15, 0.2) is 261 Å². The number of carbonyl (C=O) groups is 7. The Morgan fingerprint density at radius 2 is 0.979 bits per heavy atom. The van der Waals surface area contributed by atoms with E-state index in [9.17, 15) is 19.2 Å². The molecule has 2 unspecified atom stereocenters. The summed E-state index contributed by atoms with van der Waals surface area (Å²) in [6.07, 6.45) is -2.04. The molecule has 9 aromatic carbocycles. The van der Waals surface area contributed by atoms with Gasteiger partial charge in [-0.25, -0.2) is 9.59 Å². The van der Waals surface area contributed by atoms with Crippen molar-refractivity contribution in [1.82, 2.24) is 26.2 Å². The Kier molecular flexibility index (Phi) is 21.4. The Balaban J connectivity index is 0.958. The second-order valence-corrected chi connectivity index (χ2v) is 25.0. The van der Waals surface area contributed by atoms with Crippen molar-refractivity contribution in [3.8, 4) is 11.1 Å². The minimum Gasteiger partial charge on any atom is -0.463 e. The molecule has 482 valence electrons. The van der Waals surface area contributed by atoms with Crippen molar-refractivity contribution >= 4 is 53.4 Å². The number of nitrogens with one attached hydrogen (secondary N) is 4. The maximum Gasteiger partial charge on any atom is 0.407 e. The zero-order valence-electron chi connectivity index (χ0n) is 52.9. The SMILES string of the molecule is CC(=O)O[C@@H](C)C[C@H](NC(=O)[C@@H]1CCCN1C(=O)C(CC(=O)NC(c1ccccc1)(c1ccccc1)c1ccccc1)NC(=O)C(CSC(c1ccccc1)(c1ccccc1)c1ccccc1)NC(=O)OCC1c2ccccc2-c2ccccc21)C(=O)OCc1ccccc1. The smallest absolute Gasteiger partial charge is 0.407 e. The van der Waals surface area contributed by atoms with Gasteiger partial charge < -0.3 is 40.4 Å². The van der Waals surface area contributed by atoms with Gasteiger partial charge in [-0.15, -0.1) is 11.8 Å². The molecule has 5 atom stereocenters. The van der Waals surface area contributed by atoms with Gasteiger partial charge in [0.05, 0.1) is 11.2 Å². The summed E-state index contributed by atoms with van der Waals surface area (Å²) in [6.45, 7) is 2.70. The molecular weight excluding hydrogens is 1210 g/mol. The highest BCUT2D eigenvalue weighted by Crippen LogP contribution is 2.49. The molecule has 1 fully saturated rings. The van der Waals surface area contributed by atoms with Gasteiger partial charge in [-0.2, -0.15) is 0 Å². The first-order valence-electron chi connectivity index (χ1n) is 32.0. The third-order valence-corrected chi connectivity index (χ3v) is 19.1. The van der Waals surface area contributed by atoms with E-state index in [-0.39, 0.29) is 44.3 Å². The minimum absolute atomic E-state index is 0.0326. The summed E-state index contributed by atoms with van der Waals surface area (Å²) >= 11 is 1.40. The third-order valence-electron chi connectivity index (χ3n) is 17.5. The highest BCUT2D eigenvalue weighted by atomic mass is 32.2. The number of amides is 5.